The van der Waals surface area contributed by atoms with Gasteiger partial charge in [-0.1, -0.05) is 6.07 Å². The van der Waals surface area contributed by atoms with Crippen molar-refractivity contribution in [2.75, 3.05) is 0 Å². The normalized spacial score (nSPS) is 15.9. The molecule has 138 valence electrons. The number of benzene rings is 1. The van der Waals surface area contributed by atoms with E-state index in [0.717, 1.165) is 41.5 Å². The first-order valence-corrected chi connectivity index (χ1v) is 9.23. The second kappa shape index (κ2) is 6.50. The summed E-state index contributed by atoms with van der Waals surface area (Å²) >= 11 is 0. The van der Waals surface area contributed by atoms with Crippen LogP contribution < -0.4 is 4.74 Å². The molecule has 1 atom stereocenters. The van der Waals surface area contributed by atoms with Crippen LogP contribution in [0.15, 0.2) is 49.1 Å². The quantitative estimate of drug-likeness (QED) is 0.551. The predicted octanol–water partition coefficient (Wildman–Crippen LogP) is 3.48. The minimum absolute atomic E-state index is 0.0366. The van der Waals surface area contributed by atoms with Gasteiger partial charge in [0.2, 0.25) is 0 Å². The van der Waals surface area contributed by atoms with Gasteiger partial charge in [-0.15, -0.1) is 0 Å². The van der Waals surface area contributed by atoms with E-state index in [9.17, 15) is 0 Å². The van der Waals surface area contributed by atoms with Crippen LogP contribution >= 0.6 is 0 Å². The number of aryl methyl sites for hydroxylation is 2. The molecule has 0 radical (unpaired) electrons. The molecule has 0 bridgehead atoms. The van der Waals surface area contributed by atoms with Gasteiger partial charge in [0, 0.05) is 13.1 Å². The number of pyridine rings is 1. The van der Waals surface area contributed by atoms with Crippen LogP contribution in [0.1, 0.15) is 35.6 Å². The van der Waals surface area contributed by atoms with Crippen LogP contribution in [0.2, 0.25) is 0 Å². The van der Waals surface area contributed by atoms with Crippen LogP contribution in [0.5, 0.6) is 5.75 Å². The Hall–Kier alpha value is -3.66. The fourth-order valence-electron chi connectivity index (χ4n) is 3.80. The van der Waals surface area contributed by atoms with Crippen LogP contribution in [-0.2, 0) is 13.5 Å². The van der Waals surface area contributed by atoms with Crippen molar-refractivity contribution < 1.29 is 4.74 Å². The lowest BCUT2D eigenvalue weighted by Crippen LogP contribution is -2.15. The summed E-state index contributed by atoms with van der Waals surface area (Å²) in [5.41, 5.74) is 5.61. The highest BCUT2D eigenvalue weighted by atomic mass is 16.5. The molecule has 4 aromatic rings. The Morgan fingerprint density at radius 2 is 2.11 bits per heavy atom. The maximum atomic E-state index is 9.14. The van der Waals surface area contributed by atoms with Crippen molar-refractivity contribution in [3.8, 4) is 17.5 Å². The molecule has 0 fully saturated rings. The second-order valence-electron chi connectivity index (χ2n) is 7.03. The fraction of sp³-hybridized carbons (Fsp3) is 0.238. The summed E-state index contributed by atoms with van der Waals surface area (Å²) in [6, 6.07) is 10.0. The Kier molecular flexibility index (Phi) is 3.83. The van der Waals surface area contributed by atoms with Crippen LogP contribution in [0.3, 0.4) is 0 Å². The predicted molar refractivity (Wildman–Crippen MR) is 103 cm³/mol. The molecule has 0 saturated carbocycles. The van der Waals surface area contributed by atoms with E-state index in [1.165, 1.54) is 5.56 Å². The molecule has 0 aliphatic heterocycles. The number of hydrogen-bond acceptors (Lipinski definition) is 5. The van der Waals surface area contributed by atoms with Gasteiger partial charge in [0.05, 0.1) is 41.9 Å². The summed E-state index contributed by atoms with van der Waals surface area (Å²) in [6.45, 7) is 0. The molecule has 0 saturated heterocycles. The summed E-state index contributed by atoms with van der Waals surface area (Å²) in [5.74, 6) is 0.709. The van der Waals surface area contributed by atoms with Gasteiger partial charge in [-0.05, 0) is 42.5 Å². The first-order chi connectivity index (χ1) is 13.7. The smallest absolute Gasteiger partial charge is 0.140 e. The number of nitriles is 1. The largest absolute Gasteiger partial charge is 0.484 e. The number of hydrogen-bond donors (Lipinski definition) is 0. The third-order valence-electron chi connectivity index (χ3n) is 5.14. The Morgan fingerprint density at radius 3 is 2.93 bits per heavy atom. The van der Waals surface area contributed by atoms with E-state index in [0.29, 0.717) is 11.3 Å². The molecule has 0 amide bonds. The van der Waals surface area contributed by atoms with Crippen molar-refractivity contribution in [1.82, 2.24) is 24.5 Å². The van der Waals surface area contributed by atoms with Gasteiger partial charge >= 0.3 is 0 Å². The van der Waals surface area contributed by atoms with E-state index in [2.05, 4.69) is 21.3 Å². The number of nitrogens with zero attached hydrogens (tertiary/aromatic N) is 6. The van der Waals surface area contributed by atoms with E-state index in [-0.39, 0.29) is 6.10 Å². The fourth-order valence-corrected chi connectivity index (χ4v) is 3.80. The van der Waals surface area contributed by atoms with Gasteiger partial charge in [-0.2, -0.15) is 15.5 Å². The Morgan fingerprint density at radius 1 is 1.18 bits per heavy atom. The maximum absolute atomic E-state index is 9.14. The average Bonchev–Trinajstić information content (AvgIpc) is 3.33. The van der Waals surface area contributed by atoms with Crippen molar-refractivity contribution in [3.63, 3.8) is 0 Å². The number of rotatable bonds is 3. The first kappa shape index (κ1) is 16.5. The van der Waals surface area contributed by atoms with E-state index in [1.807, 2.05) is 42.2 Å². The Labute approximate surface area is 161 Å². The average molecular weight is 370 g/mol. The zero-order valence-corrected chi connectivity index (χ0v) is 15.4. The topological polar surface area (TPSA) is 81.5 Å². The van der Waals surface area contributed by atoms with Crippen molar-refractivity contribution >= 4 is 11.0 Å². The summed E-state index contributed by atoms with van der Waals surface area (Å²) < 4.78 is 9.88. The molecule has 1 unspecified atom stereocenters. The standard InChI is InChI=1S/C21H18N6O/c1-26-13-16(10-24-26)27-20-8-17(11-23-19(20)12-25-27)28-21-4-2-3-15-7-14(9-22)5-6-18(15)21/h5-8,10-13,21H,2-4H2,1H3. The Bertz CT molecular complexity index is 1220. The van der Waals surface area contributed by atoms with E-state index >= 15 is 0 Å². The molecule has 5 rings (SSSR count). The zero-order chi connectivity index (χ0) is 19.1. The molecule has 28 heavy (non-hydrogen) atoms. The van der Waals surface area contributed by atoms with Crippen molar-refractivity contribution in [3.05, 3.63) is 65.7 Å². The summed E-state index contributed by atoms with van der Waals surface area (Å²) in [7, 11) is 1.88. The number of fused-ring (bicyclic) bond motifs is 2. The molecule has 1 aliphatic carbocycles. The summed E-state index contributed by atoms with van der Waals surface area (Å²) in [4.78, 5) is 4.50. The minimum Gasteiger partial charge on any atom is -0.484 e. The SMILES string of the molecule is Cn1cc(-n2ncc3ncc(OC4CCCc5cc(C#N)ccc54)cc32)cn1. The van der Waals surface area contributed by atoms with Crippen LogP contribution in [0, 0.1) is 11.3 Å². The molecule has 7 heteroatoms. The van der Waals surface area contributed by atoms with E-state index < -0.39 is 0 Å². The summed E-state index contributed by atoms with van der Waals surface area (Å²) in [5, 5.41) is 17.8. The van der Waals surface area contributed by atoms with Gasteiger partial charge in [0.1, 0.15) is 23.1 Å². The molecule has 0 N–H and O–H groups in total. The molecule has 0 spiro atoms. The number of aromatic nitrogens is 5. The lowest BCUT2D eigenvalue weighted by Gasteiger charge is -2.26. The van der Waals surface area contributed by atoms with Crippen LogP contribution in [-0.4, -0.2) is 24.5 Å². The molecule has 3 heterocycles. The monoisotopic (exact) mass is 370 g/mol. The summed E-state index contributed by atoms with van der Waals surface area (Å²) in [6.07, 6.45) is 10.1. The van der Waals surface area contributed by atoms with E-state index in [4.69, 9.17) is 10.00 Å². The van der Waals surface area contributed by atoms with Gasteiger partial charge in [0.25, 0.3) is 0 Å². The van der Waals surface area contributed by atoms with Crippen molar-refractivity contribution in [1.29, 1.82) is 5.26 Å². The van der Waals surface area contributed by atoms with Gasteiger partial charge in [-0.3, -0.25) is 4.68 Å². The zero-order valence-electron chi connectivity index (χ0n) is 15.4. The third-order valence-corrected chi connectivity index (χ3v) is 5.14. The molecule has 1 aliphatic rings. The molecular weight excluding hydrogens is 352 g/mol. The first-order valence-electron chi connectivity index (χ1n) is 9.23. The lowest BCUT2D eigenvalue weighted by molar-refractivity contribution is 0.183. The van der Waals surface area contributed by atoms with Crippen molar-refractivity contribution in [2.24, 2.45) is 7.05 Å². The van der Waals surface area contributed by atoms with E-state index in [1.54, 1.807) is 23.3 Å². The highest BCUT2D eigenvalue weighted by Crippen LogP contribution is 2.34. The third kappa shape index (κ3) is 2.79. The van der Waals surface area contributed by atoms with Gasteiger partial charge in [0.15, 0.2) is 0 Å². The Balaban J connectivity index is 1.49. The minimum atomic E-state index is -0.0366. The van der Waals surface area contributed by atoms with Crippen LogP contribution in [0.4, 0.5) is 0 Å². The highest BCUT2D eigenvalue weighted by Gasteiger charge is 2.22. The van der Waals surface area contributed by atoms with Gasteiger partial charge in [-0.25, -0.2) is 9.67 Å². The second-order valence-corrected chi connectivity index (χ2v) is 7.03. The molecule has 7 nitrogen and oxygen atoms in total. The molecular formula is C21H18N6O. The van der Waals surface area contributed by atoms with Crippen LogP contribution in [0.25, 0.3) is 16.7 Å². The highest BCUT2D eigenvalue weighted by molar-refractivity contribution is 5.77. The van der Waals surface area contributed by atoms with Gasteiger partial charge < -0.3 is 4.74 Å². The van der Waals surface area contributed by atoms with Crippen molar-refractivity contribution in [2.45, 2.75) is 25.4 Å². The number of ether oxygens (including phenoxy) is 1. The molecule has 3 aromatic heterocycles. The maximum Gasteiger partial charge on any atom is 0.140 e. The molecule has 1 aromatic carbocycles. The lowest BCUT2D eigenvalue weighted by atomic mass is 9.88.